The van der Waals surface area contributed by atoms with Gasteiger partial charge in [0.15, 0.2) is 5.78 Å². The van der Waals surface area contributed by atoms with Crippen molar-refractivity contribution in [1.29, 1.82) is 0 Å². The Labute approximate surface area is 91.7 Å². The molecule has 1 saturated carbocycles. The Morgan fingerprint density at radius 3 is 1.53 bits per heavy atom. The zero-order chi connectivity index (χ0) is 13.3. The van der Waals surface area contributed by atoms with E-state index in [2.05, 4.69) is 9.47 Å². The number of hydrogen-bond donors (Lipinski definition) is 0. The molecule has 1 aliphatic rings. The van der Waals surface area contributed by atoms with Crippen molar-refractivity contribution >= 4 is 5.78 Å². The minimum atomic E-state index is -5.06. The van der Waals surface area contributed by atoms with Crippen LogP contribution in [0.2, 0.25) is 0 Å². The molecule has 1 fully saturated rings. The molecule has 0 radical (unpaired) electrons. The molecule has 1 aliphatic carbocycles. The molecule has 0 aromatic rings. The van der Waals surface area contributed by atoms with E-state index in [-0.39, 0.29) is 19.3 Å². The molecule has 0 aromatic carbocycles. The maximum atomic E-state index is 11.8. The van der Waals surface area contributed by atoms with Crippen molar-refractivity contribution in [3.63, 3.8) is 0 Å². The van der Waals surface area contributed by atoms with Gasteiger partial charge in [0.25, 0.3) is 0 Å². The average molecular weight is 266 g/mol. The zero-order valence-corrected chi connectivity index (χ0v) is 8.27. The van der Waals surface area contributed by atoms with Crippen molar-refractivity contribution in [3.05, 3.63) is 0 Å². The fourth-order valence-corrected chi connectivity index (χ4v) is 1.54. The number of ether oxygens (including phenoxy) is 2. The van der Waals surface area contributed by atoms with Gasteiger partial charge in [-0.05, 0) is 19.3 Å². The van der Waals surface area contributed by atoms with Crippen LogP contribution in [-0.4, -0.2) is 30.7 Å². The molecule has 17 heavy (non-hydrogen) atoms. The van der Waals surface area contributed by atoms with Crippen LogP contribution in [0.4, 0.5) is 26.3 Å². The molecule has 0 aliphatic heterocycles. The molecule has 9 heteroatoms. The third-order valence-electron chi connectivity index (χ3n) is 2.12. The molecular formula is C8H8F6O3. The lowest BCUT2D eigenvalue weighted by Gasteiger charge is -2.28. The fourth-order valence-electron chi connectivity index (χ4n) is 1.54. The van der Waals surface area contributed by atoms with Crippen molar-refractivity contribution in [2.75, 3.05) is 0 Å². The third kappa shape index (κ3) is 4.90. The minimum Gasteiger partial charge on any atom is -0.294 e. The molecule has 0 spiro atoms. The van der Waals surface area contributed by atoms with E-state index in [0.717, 1.165) is 0 Å². The van der Waals surface area contributed by atoms with Crippen LogP contribution in [0, 0.1) is 0 Å². The first-order chi connectivity index (χ1) is 7.58. The lowest BCUT2D eigenvalue weighted by Crippen LogP contribution is -2.44. The zero-order valence-electron chi connectivity index (χ0n) is 8.27. The topological polar surface area (TPSA) is 35.5 Å². The highest BCUT2D eigenvalue weighted by atomic mass is 19.4. The van der Waals surface area contributed by atoms with E-state index in [4.69, 9.17) is 0 Å². The van der Waals surface area contributed by atoms with Gasteiger partial charge in [-0.3, -0.25) is 14.3 Å². The third-order valence-corrected chi connectivity index (χ3v) is 2.12. The Bertz CT molecular complexity index is 258. The van der Waals surface area contributed by atoms with Crippen molar-refractivity contribution in [2.24, 2.45) is 0 Å². The van der Waals surface area contributed by atoms with Gasteiger partial charge in [0.05, 0.1) is 0 Å². The second-order valence-electron chi connectivity index (χ2n) is 3.44. The Balaban J connectivity index is 2.63. The number of Topliss-reactive ketones (excluding diaryl/α,β-unsaturated/α-hetero) is 1. The van der Waals surface area contributed by atoms with Crippen molar-refractivity contribution < 1.29 is 40.6 Å². The Hall–Kier alpha value is -0.830. The molecule has 3 nitrogen and oxygen atoms in total. The van der Waals surface area contributed by atoms with Gasteiger partial charge in [-0.2, -0.15) is 0 Å². The summed E-state index contributed by atoms with van der Waals surface area (Å²) < 4.78 is 77.9. The number of hydrogen-bond acceptors (Lipinski definition) is 3. The lowest BCUT2D eigenvalue weighted by molar-refractivity contribution is -0.352. The van der Waals surface area contributed by atoms with Gasteiger partial charge in [0.1, 0.15) is 12.2 Å². The second kappa shape index (κ2) is 4.81. The van der Waals surface area contributed by atoms with E-state index in [0.29, 0.717) is 0 Å². The molecule has 2 unspecified atom stereocenters. The fraction of sp³-hybridized carbons (Fsp3) is 0.875. The van der Waals surface area contributed by atoms with Gasteiger partial charge in [-0.25, -0.2) is 0 Å². The molecule has 100 valence electrons. The van der Waals surface area contributed by atoms with E-state index in [1.165, 1.54) is 0 Å². The standard InChI is InChI=1S/C8H8F6O3/c9-7(10,11)16-4-2-1-3-5(6(4)15)17-8(12,13)14/h4-5H,1-3H2. The van der Waals surface area contributed by atoms with Gasteiger partial charge in [-0.1, -0.05) is 0 Å². The summed E-state index contributed by atoms with van der Waals surface area (Å²) in [5.41, 5.74) is 0. The average Bonchev–Trinajstić information content (AvgIpc) is 2.07. The maximum Gasteiger partial charge on any atom is 0.523 e. The highest BCUT2D eigenvalue weighted by Crippen LogP contribution is 2.30. The second-order valence-corrected chi connectivity index (χ2v) is 3.44. The van der Waals surface area contributed by atoms with E-state index in [1.54, 1.807) is 0 Å². The number of rotatable bonds is 2. The molecule has 2 atom stereocenters. The molecule has 1 rings (SSSR count). The summed E-state index contributed by atoms with van der Waals surface area (Å²) in [6.45, 7) is 0. The summed E-state index contributed by atoms with van der Waals surface area (Å²) >= 11 is 0. The Morgan fingerprint density at radius 2 is 1.24 bits per heavy atom. The number of carbonyl (C=O) groups excluding carboxylic acids is 1. The summed E-state index contributed by atoms with van der Waals surface area (Å²) in [7, 11) is 0. The van der Waals surface area contributed by atoms with E-state index in [9.17, 15) is 31.1 Å². The Morgan fingerprint density at radius 1 is 0.882 bits per heavy atom. The van der Waals surface area contributed by atoms with Gasteiger partial charge < -0.3 is 0 Å². The summed E-state index contributed by atoms with van der Waals surface area (Å²) in [5, 5.41) is 0. The normalized spacial score (nSPS) is 27.3. The SMILES string of the molecule is O=C1C(OC(F)(F)F)CCCC1OC(F)(F)F. The lowest BCUT2D eigenvalue weighted by atomic mass is 9.93. The number of halogens is 6. The van der Waals surface area contributed by atoms with Gasteiger partial charge >= 0.3 is 12.7 Å². The van der Waals surface area contributed by atoms with Crippen LogP contribution in [0.3, 0.4) is 0 Å². The van der Waals surface area contributed by atoms with Gasteiger partial charge in [0.2, 0.25) is 0 Å². The van der Waals surface area contributed by atoms with E-state index < -0.39 is 30.7 Å². The highest BCUT2D eigenvalue weighted by Gasteiger charge is 2.44. The van der Waals surface area contributed by atoms with Crippen molar-refractivity contribution in [2.45, 2.75) is 44.2 Å². The molecule has 0 N–H and O–H groups in total. The van der Waals surface area contributed by atoms with E-state index in [1.807, 2.05) is 0 Å². The summed E-state index contributed by atoms with van der Waals surface area (Å²) in [5.74, 6) is -1.33. The van der Waals surface area contributed by atoms with Crippen LogP contribution < -0.4 is 0 Å². The molecule has 0 heterocycles. The summed E-state index contributed by atoms with van der Waals surface area (Å²) in [6, 6.07) is 0. The molecule has 0 saturated heterocycles. The van der Waals surface area contributed by atoms with Gasteiger partial charge in [-0.15, -0.1) is 26.3 Å². The number of carbonyl (C=O) groups is 1. The maximum absolute atomic E-state index is 11.8. The first kappa shape index (κ1) is 14.2. The molecular weight excluding hydrogens is 258 g/mol. The summed E-state index contributed by atoms with van der Waals surface area (Å²) in [6.07, 6.45) is -14.5. The van der Waals surface area contributed by atoms with Crippen molar-refractivity contribution in [1.82, 2.24) is 0 Å². The number of alkyl halides is 6. The number of ketones is 1. The molecule has 0 amide bonds. The first-order valence-electron chi connectivity index (χ1n) is 4.61. The first-order valence-corrected chi connectivity index (χ1v) is 4.61. The van der Waals surface area contributed by atoms with Crippen molar-refractivity contribution in [3.8, 4) is 0 Å². The molecule has 0 bridgehead atoms. The Kier molecular flexibility index (Phi) is 4.03. The highest BCUT2D eigenvalue weighted by molar-refractivity contribution is 5.88. The summed E-state index contributed by atoms with van der Waals surface area (Å²) in [4.78, 5) is 11.2. The predicted octanol–water partition coefficient (Wildman–Crippen LogP) is 2.55. The van der Waals surface area contributed by atoms with Crippen LogP contribution in [0.1, 0.15) is 19.3 Å². The predicted molar refractivity (Wildman–Crippen MR) is 40.7 cm³/mol. The van der Waals surface area contributed by atoms with Crippen LogP contribution in [-0.2, 0) is 14.3 Å². The largest absolute Gasteiger partial charge is 0.523 e. The van der Waals surface area contributed by atoms with Crippen LogP contribution in [0.25, 0.3) is 0 Å². The smallest absolute Gasteiger partial charge is 0.294 e. The van der Waals surface area contributed by atoms with E-state index >= 15 is 0 Å². The van der Waals surface area contributed by atoms with Crippen LogP contribution in [0.5, 0.6) is 0 Å². The van der Waals surface area contributed by atoms with Gasteiger partial charge in [0, 0.05) is 0 Å². The van der Waals surface area contributed by atoms with Crippen LogP contribution in [0.15, 0.2) is 0 Å². The molecule has 0 aromatic heterocycles. The van der Waals surface area contributed by atoms with Crippen LogP contribution >= 0.6 is 0 Å². The monoisotopic (exact) mass is 266 g/mol. The quantitative estimate of drug-likeness (QED) is 0.720. The minimum absolute atomic E-state index is 0.00671.